The summed E-state index contributed by atoms with van der Waals surface area (Å²) in [5.41, 5.74) is 0.235. The molecule has 29 heavy (non-hydrogen) atoms. The van der Waals surface area contributed by atoms with Crippen molar-refractivity contribution >= 4 is 11.8 Å². The Morgan fingerprint density at radius 2 is 2.00 bits per heavy atom. The molecule has 0 aromatic rings. The molecule has 0 radical (unpaired) electrons. The van der Waals surface area contributed by atoms with Gasteiger partial charge in [0.1, 0.15) is 5.78 Å². The van der Waals surface area contributed by atoms with Crippen LogP contribution in [-0.4, -0.2) is 34.7 Å². The first-order chi connectivity index (χ1) is 13.2. The molecule has 1 aliphatic rings. The minimum Gasteiger partial charge on any atom is -0.547 e. The zero-order valence-electron chi connectivity index (χ0n) is 18.6. The Bertz CT molecular complexity index is 555. The van der Waals surface area contributed by atoms with Gasteiger partial charge in [-0.1, -0.05) is 57.9 Å². The molecule has 6 heteroatoms. The van der Waals surface area contributed by atoms with Crippen LogP contribution >= 0.6 is 0 Å². The number of aliphatic hydroxyl groups excluding tert-OH is 2. The van der Waals surface area contributed by atoms with Crippen molar-refractivity contribution < 1.29 is 54.5 Å². The molecule has 0 heterocycles. The minimum atomic E-state index is -1.46. The van der Waals surface area contributed by atoms with Gasteiger partial charge in [-0.3, -0.25) is 4.79 Å². The van der Waals surface area contributed by atoms with Gasteiger partial charge < -0.3 is 20.1 Å². The zero-order valence-corrected chi connectivity index (χ0v) is 20.6. The van der Waals surface area contributed by atoms with Crippen LogP contribution in [0.25, 0.3) is 0 Å². The average molecular weight is 417 g/mol. The van der Waals surface area contributed by atoms with Crippen molar-refractivity contribution in [1.29, 1.82) is 0 Å². The van der Waals surface area contributed by atoms with E-state index in [-0.39, 0.29) is 71.5 Å². The SMILES string of the molecule is CCCCC(C)(C)C/C=C/[C@H]1[C@H](CO)CC(=O)[C@@H]1C/C=C\CCC(O)C(=O)[O-].[Na+]. The normalized spacial score (nSPS) is 23.6. The number of hydrogen-bond donors (Lipinski definition) is 2. The third kappa shape index (κ3) is 10.4. The summed E-state index contributed by atoms with van der Waals surface area (Å²) in [5.74, 6) is -1.41. The molecule has 5 nitrogen and oxygen atoms in total. The summed E-state index contributed by atoms with van der Waals surface area (Å²) >= 11 is 0. The summed E-state index contributed by atoms with van der Waals surface area (Å²) in [6, 6.07) is 0. The molecule has 1 unspecified atom stereocenters. The summed E-state index contributed by atoms with van der Waals surface area (Å²) in [7, 11) is 0. The van der Waals surface area contributed by atoms with Crippen molar-refractivity contribution in [2.24, 2.45) is 23.2 Å². The molecule has 0 bridgehead atoms. The van der Waals surface area contributed by atoms with Crippen LogP contribution in [0.5, 0.6) is 0 Å². The van der Waals surface area contributed by atoms with Crippen LogP contribution in [-0.2, 0) is 9.59 Å². The molecule has 0 aliphatic heterocycles. The number of carboxylic acid groups (broad SMARTS) is 1. The number of allylic oxidation sites excluding steroid dienone is 4. The molecule has 0 aromatic heterocycles. The number of ketones is 1. The van der Waals surface area contributed by atoms with E-state index in [1.807, 2.05) is 6.08 Å². The maximum Gasteiger partial charge on any atom is 1.00 e. The monoisotopic (exact) mass is 416 g/mol. The molecule has 1 aliphatic carbocycles. The Morgan fingerprint density at radius 3 is 2.59 bits per heavy atom. The first-order valence-corrected chi connectivity index (χ1v) is 10.6. The molecule has 1 fully saturated rings. The zero-order chi connectivity index (χ0) is 21.2. The van der Waals surface area contributed by atoms with Gasteiger partial charge in [0.15, 0.2) is 0 Å². The number of Topliss-reactive ketones (excluding diaryl/α,β-unsaturated/α-hetero) is 1. The number of unbranched alkanes of at least 4 members (excludes halogenated alkanes) is 1. The van der Waals surface area contributed by atoms with E-state index in [0.29, 0.717) is 19.3 Å². The summed E-state index contributed by atoms with van der Waals surface area (Å²) < 4.78 is 0. The number of carbonyl (C=O) groups excluding carboxylic acids is 2. The molecule has 0 saturated heterocycles. The van der Waals surface area contributed by atoms with Gasteiger partial charge >= 0.3 is 29.6 Å². The van der Waals surface area contributed by atoms with E-state index in [1.165, 1.54) is 19.3 Å². The number of carbonyl (C=O) groups is 2. The number of aliphatic hydroxyl groups is 2. The van der Waals surface area contributed by atoms with Crippen LogP contribution in [0, 0.1) is 23.2 Å². The van der Waals surface area contributed by atoms with Crippen LogP contribution in [0.1, 0.15) is 72.1 Å². The first kappa shape index (κ1) is 28.5. The molecule has 4 atom stereocenters. The molecule has 0 spiro atoms. The van der Waals surface area contributed by atoms with Crippen molar-refractivity contribution in [2.75, 3.05) is 6.61 Å². The van der Waals surface area contributed by atoms with E-state index in [9.17, 15) is 24.9 Å². The number of rotatable bonds is 13. The largest absolute Gasteiger partial charge is 1.00 e. The number of carboxylic acids is 1. The van der Waals surface area contributed by atoms with Gasteiger partial charge in [0.25, 0.3) is 0 Å². The Kier molecular flexibility index (Phi) is 14.3. The predicted octanol–water partition coefficient (Wildman–Crippen LogP) is -0.196. The van der Waals surface area contributed by atoms with Crippen LogP contribution in [0.15, 0.2) is 24.3 Å². The molecule has 2 N–H and O–H groups in total. The summed E-state index contributed by atoms with van der Waals surface area (Å²) in [4.78, 5) is 22.9. The maximum absolute atomic E-state index is 12.4. The number of aliphatic carboxylic acids is 1. The van der Waals surface area contributed by atoms with Gasteiger partial charge in [0.05, 0.1) is 12.1 Å². The van der Waals surface area contributed by atoms with Crippen LogP contribution in [0.3, 0.4) is 0 Å². The Labute approximate surface area is 198 Å². The van der Waals surface area contributed by atoms with E-state index < -0.39 is 12.1 Å². The number of hydrogen-bond acceptors (Lipinski definition) is 5. The standard InChI is InChI=1S/C23H38O5.Na/c1-4-5-13-23(2,3)14-9-11-18-17(16-24)15-21(26)19(18)10-7-6-8-12-20(25)22(27)28;/h6-7,9,11,17-20,24-25H,4-5,8,10,12-16H2,1-3H3,(H,27,28);/q;+1/p-1/b7-6-,11-9+;/t17-,18-,19+,20?;/m0./s1. The third-order valence-corrected chi connectivity index (χ3v) is 5.79. The smallest absolute Gasteiger partial charge is 0.547 e. The fourth-order valence-electron chi connectivity index (χ4n) is 3.89. The van der Waals surface area contributed by atoms with E-state index in [0.717, 1.165) is 6.42 Å². The Morgan fingerprint density at radius 1 is 1.31 bits per heavy atom. The van der Waals surface area contributed by atoms with Crippen LogP contribution in [0.2, 0.25) is 0 Å². The van der Waals surface area contributed by atoms with Gasteiger partial charge in [-0.05, 0) is 49.4 Å². The van der Waals surface area contributed by atoms with E-state index >= 15 is 0 Å². The summed E-state index contributed by atoms with van der Waals surface area (Å²) in [6.45, 7) is 6.73. The van der Waals surface area contributed by atoms with Crippen molar-refractivity contribution in [1.82, 2.24) is 0 Å². The quantitative estimate of drug-likeness (QED) is 0.320. The summed E-state index contributed by atoms with van der Waals surface area (Å²) in [6.07, 6.45) is 12.6. The van der Waals surface area contributed by atoms with Gasteiger partial charge in [-0.15, -0.1) is 0 Å². The van der Waals surface area contributed by atoms with E-state index in [4.69, 9.17) is 0 Å². The van der Waals surface area contributed by atoms with Crippen LogP contribution < -0.4 is 34.7 Å². The van der Waals surface area contributed by atoms with Crippen molar-refractivity contribution in [3.63, 3.8) is 0 Å². The molecule has 0 amide bonds. The summed E-state index contributed by atoms with van der Waals surface area (Å²) in [5, 5.41) is 29.4. The van der Waals surface area contributed by atoms with Crippen molar-refractivity contribution in [2.45, 2.75) is 78.2 Å². The van der Waals surface area contributed by atoms with Crippen molar-refractivity contribution in [3.8, 4) is 0 Å². The Balaban J connectivity index is 0.00000784. The fourth-order valence-corrected chi connectivity index (χ4v) is 3.89. The minimum absolute atomic E-state index is 0. The molecule has 0 aromatic carbocycles. The molecular weight excluding hydrogens is 379 g/mol. The second-order valence-electron chi connectivity index (χ2n) is 8.82. The molecule has 160 valence electrons. The predicted molar refractivity (Wildman–Crippen MR) is 108 cm³/mol. The molecule has 1 saturated carbocycles. The molecular formula is C23H37NaO5. The van der Waals surface area contributed by atoms with E-state index in [1.54, 1.807) is 6.08 Å². The second kappa shape index (κ2) is 14.5. The van der Waals surface area contributed by atoms with Gasteiger partial charge in [0, 0.05) is 18.9 Å². The van der Waals surface area contributed by atoms with Gasteiger partial charge in [0.2, 0.25) is 0 Å². The first-order valence-electron chi connectivity index (χ1n) is 10.6. The third-order valence-electron chi connectivity index (χ3n) is 5.79. The topological polar surface area (TPSA) is 97.7 Å². The van der Waals surface area contributed by atoms with Gasteiger partial charge in [-0.2, -0.15) is 0 Å². The fraction of sp³-hybridized carbons (Fsp3) is 0.739. The Hall–Kier alpha value is -0.460. The average Bonchev–Trinajstić information content (AvgIpc) is 2.94. The second-order valence-corrected chi connectivity index (χ2v) is 8.82. The van der Waals surface area contributed by atoms with E-state index in [2.05, 4.69) is 32.9 Å². The van der Waals surface area contributed by atoms with Gasteiger partial charge in [-0.25, -0.2) is 0 Å². The maximum atomic E-state index is 12.4. The van der Waals surface area contributed by atoms with Crippen molar-refractivity contribution in [3.05, 3.63) is 24.3 Å². The molecule has 1 rings (SSSR count). The van der Waals surface area contributed by atoms with Crippen LogP contribution in [0.4, 0.5) is 0 Å².